The van der Waals surface area contributed by atoms with Crippen molar-refractivity contribution in [3.63, 3.8) is 0 Å². The molecule has 7 atom stereocenters. The van der Waals surface area contributed by atoms with Gasteiger partial charge in [-0.1, -0.05) is 159 Å². The maximum Gasteiger partial charge on any atom is 0.481 e. The Hall–Kier alpha value is -3.61. The monoisotopic (exact) mass is 1040 g/mol. The maximum atomic E-state index is 12.9. The normalized spacial score (nSPS) is 19.5. The summed E-state index contributed by atoms with van der Waals surface area (Å²) in [6.07, 6.45) is 31.8. The number of carbonyl (C=O) groups is 3. The maximum absolute atomic E-state index is 12.9. The molecule has 19 nitrogen and oxygen atoms in total. The number of carbonyl (C=O) groups excluding carboxylic acids is 3. The molecular formula is C50H83N3O16P2. The highest BCUT2D eigenvalue weighted by Crippen LogP contribution is 2.60. The lowest BCUT2D eigenvalue weighted by Gasteiger charge is -2.21. The Bertz CT molecular complexity index is 1940. The van der Waals surface area contributed by atoms with Crippen molar-refractivity contribution in [1.29, 1.82) is 0 Å². The summed E-state index contributed by atoms with van der Waals surface area (Å²) in [5.41, 5.74) is 4.58. The van der Waals surface area contributed by atoms with Gasteiger partial charge in [0.2, 0.25) is 0 Å². The lowest BCUT2D eigenvalue weighted by molar-refractivity contribution is -0.161. The minimum atomic E-state index is -5.44. The average Bonchev–Trinajstić information content (AvgIpc) is 3.60. The van der Waals surface area contributed by atoms with Crippen LogP contribution in [-0.2, 0) is 51.1 Å². The summed E-state index contributed by atoms with van der Waals surface area (Å²) in [6.45, 7) is 1.94. The first-order valence-corrected chi connectivity index (χ1v) is 28.6. The first-order chi connectivity index (χ1) is 34.1. The number of hydrogen-bond donors (Lipinski definition) is 5. The number of aliphatic hydroxyl groups excluding tert-OH is 2. The molecule has 2 unspecified atom stereocenters. The van der Waals surface area contributed by atoms with Gasteiger partial charge in [-0.2, -0.15) is 9.29 Å². The number of ketones is 1. The topological polar surface area (TPSA) is 283 Å². The molecule has 1 aromatic rings. The number of allylic oxidation sites excluding steroid dienone is 8. The molecule has 2 rings (SSSR count). The fraction of sp³-hybridized carbons (Fsp3) is 0.700. The minimum Gasteiger partial charge on any atom is -0.462 e. The molecule has 1 fully saturated rings. The van der Waals surface area contributed by atoms with Crippen molar-refractivity contribution in [2.45, 2.75) is 205 Å². The summed E-state index contributed by atoms with van der Waals surface area (Å²) in [5, 5.41) is 20.9. The number of ether oxygens (including phenoxy) is 3. The molecule has 0 saturated carbocycles. The van der Waals surface area contributed by atoms with E-state index in [2.05, 4.69) is 23.1 Å². The number of aliphatic hydroxyl groups is 2. The average molecular weight is 1040 g/mol. The molecule has 71 heavy (non-hydrogen) atoms. The van der Waals surface area contributed by atoms with Crippen molar-refractivity contribution in [3.05, 3.63) is 71.4 Å². The molecule has 0 spiro atoms. The van der Waals surface area contributed by atoms with Gasteiger partial charge in [0.15, 0.2) is 18.1 Å². The van der Waals surface area contributed by atoms with Crippen LogP contribution in [0.5, 0.6) is 0 Å². The number of anilines is 1. The third-order valence-corrected chi connectivity index (χ3v) is 14.0. The summed E-state index contributed by atoms with van der Waals surface area (Å²) < 4.78 is 56.7. The second-order valence-electron chi connectivity index (χ2n) is 17.7. The Kier molecular flexibility index (Phi) is 34.0. The van der Waals surface area contributed by atoms with Crippen LogP contribution < -0.4 is 11.4 Å². The molecule has 6 N–H and O–H groups in total. The number of aromatic nitrogens is 2. The van der Waals surface area contributed by atoms with Crippen molar-refractivity contribution >= 4 is 39.2 Å². The number of nitrogens with two attached hydrogens (primary N) is 1. The Morgan fingerprint density at radius 2 is 1.27 bits per heavy atom. The van der Waals surface area contributed by atoms with Crippen LogP contribution in [-0.4, -0.2) is 91.5 Å². The van der Waals surface area contributed by atoms with Gasteiger partial charge in [0.25, 0.3) is 0 Å². The summed E-state index contributed by atoms with van der Waals surface area (Å²) in [4.78, 5) is 73.6. The van der Waals surface area contributed by atoms with E-state index in [1.807, 2.05) is 36.5 Å². The molecule has 0 amide bonds. The number of nitrogens with zero attached hydrogens (tertiary/aromatic N) is 2. The predicted molar refractivity (Wildman–Crippen MR) is 271 cm³/mol. The highest BCUT2D eigenvalue weighted by molar-refractivity contribution is 7.61. The number of unbranched alkanes of at least 4 members (excludes halogenated alkanes) is 17. The number of nitrogen functional groups attached to an aromatic ring is 1. The molecule has 1 aliphatic heterocycles. The van der Waals surface area contributed by atoms with E-state index in [1.165, 1.54) is 70.3 Å². The van der Waals surface area contributed by atoms with Gasteiger partial charge in [0, 0.05) is 25.5 Å². The van der Waals surface area contributed by atoms with Gasteiger partial charge in [0.05, 0.1) is 13.2 Å². The molecule has 0 bridgehead atoms. The largest absolute Gasteiger partial charge is 0.481 e. The van der Waals surface area contributed by atoms with E-state index < -0.39 is 83.7 Å². The highest BCUT2D eigenvalue weighted by Gasteiger charge is 2.46. The first kappa shape index (κ1) is 63.5. The zero-order valence-corrected chi connectivity index (χ0v) is 43.8. The summed E-state index contributed by atoms with van der Waals surface area (Å²) in [7, 11) is -10.9. The van der Waals surface area contributed by atoms with Gasteiger partial charge < -0.3 is 39.9 Å². The van der Waals surface area contributed by atoms with E-state index in [1.54, 1.807) is 12.2 Å². The molecule has 2 heterocycles. The van der Waals surface area contributed by atoms with Crippen LogP contribution in [0.3, 0.4) is 0 Å². The van der Waals surface area contributed by atoms with Gasteiger partial charge in [0.1, 0.15) is 30.7 Å². The lowest BCUT2D eigenvalue weighted by Crippen LogP contribution is -2.36. The summed E-state index contributed by atoms with van der Waals surface area (Å²) >= 11 is 0. The number of phosphoric acid groups is 2. The molecule has 404 valence electrons. The number of esters is 2. The molecule has 0 radical (unpaired) electrons. The number of rotatable bonds is 42. The third-order valence-electron chi connectivity index (χ3n) is 11.4. The molecule has 0 aliphatic carbocycles. The zero-order chi connectivity index (χ0) is 52.2. The lowest BCUT2D eigenvalue weighted by atomic mass is 10.0. The van der Waals surface area contributed by atoms with Crippen LogP contribution in [0.4, 0.5) is 5.82 Å². The second-order valence-corrected chi connectivity index (χ2v) is 20.8. The van der Waals surface area contributed by atoms with E-state index in [0.29, 0.717) is 32.1 Å². The fourth-order valence-electron chi connectivity index (χ4n) is 7.38. The molecule has 1 aliphatic rings. The van der Waals surface area contributed by atoms with Crippen LogP contribution in [0, 0.1) is 0 Å². The van der Waals surface area contributed by atoms with Crippen LogP contribution in [0.2, 0.25) is 0 Å². The Balaban J connectivity index is 1.83. The van der Waals surface area contributed by atoms with Gasteiger partial charge in [-0.25, -0.2) is 13.9 Å². The van der Waals surface area contributed by atoms with E-state index in [9.17, 15) is 48.3 Å². The predicted octanol–water partition coefficient (Wildman–Crippen LogP) is 9.74. The SMILES string of the molecule is CCCCCCCCCCCCCCCCCC(=O)O[C@H](COC(=O)CCC/C=C\C/C=C\C/C=C\C=C\C(=O)CCCCC)COP(=O)(O)OP(=O)(O)OC[C@H]1O[C@@H](n2ccc(N)nc2=O)[C@H](O)[C@@H]1O. The smallest absolute Gasteiger partial charge is 0.462 e. The van der Waals surface area contributed by atoms with Crippen molar-refractivity contribution in [3.8, 4) is 0 Å². The zero-order valence-electron chi connectivity index (χ0n) is 42.0. The Morgan fingerprint density at radius 1 is 0.718 bits per heavy atom. The molecular weight excluding hydrogens is 961 g/mol. The van der Waals surface area contributed by atoms with E-state index in [4.69, 9.17) is 29.0 Å². The molecule has 21 heteroatoms. The molecule has 1 aromatic heterocycles. The van der Waals surface area contributed by atoms with Gasteiger partial charge in [-0.15, -0.1) is 0 Å². The van der Waals surface area contributed by atoms with Crippen molar-refractivity contribution in [2.75, 3.05) is 25.6 Å². The van der Waals surface area contributed by atoms with Crippen LogP contribution in [0.25, 0.3) is 0 Å². The van der Waals surface area contributed by atoms with E-state index in [0.717, 1.165) is 62.1 Å². The van der Waals surface area contributed by atoms with Gasteiger partial charge in [-0.05, 0) is 50.7 Å². The van der Waals surface area contributed by atoms with Crippen LogP contribution >= 0.6 is 15.6 Å². The van der Waals surface area contributed by atoms with Crippen LogP contribution in [0.1, 0.15) is 181 Å². The standard InChI is InChI=1S/C50H83N3O16P2/c1-3-5-7-8-9-10-11-12-13-14-17-21-24-27-31-35-46(56)67-42(38-64-45(55)34-30-26-23-20-18-15-16-19-22-25-29-33-41(54)32-28-6-4-2)39-65-70(60,61)69-71(62,63)66-40-43-47(57)48(58)49(68-43)53-37-36-44(51)52-50(53)59/h15-16,20,22-23,25,29,33,36-37,42-43,47-49,57-58H,3-14,17-19,21,24,26-28,30-32,34-35,38-40H2,1-2H3,(H,60,61)(H,62,63)(H2,51,52,59)/b16-15-,23-20-,25-22-,33-29+/t42-,43-,47-,48-,49-/m1/s1. The molecule has 1 saturated heterocycles. The van der Waals surface area contributed by atoms with E-state index in [-0.39, 0.29) is 24.4 Å². The first-order valence-electron chi connectivity index (χ1n) is 25.6. The fourth-order valence-corrected chi connectivity index (χ4v) is 9.49. The quantitative estimate of drug-likeness (QED) is 0.0102. The van der Waals surface area contributed by atoms with Gasteiger partial charge in [-0.3, -0.25) is 28.0 Å². The molecule has 0 aromatic carbocycles. The van der Waals surface area contributed by atoms with Crippen LogP contribution in [0.15, 0.2) is 65.7 Å². The third kappa shape index (κ3) is 30.9. The van der Waals surface area contributed by atoms with Crippen molar-refractivity contribution < 1.29 is 71.1 Å². The summed E-state index contributed by atoms with van der Waals surface area (Å²) in [5.74, 6) is -1.27. The van der Waals surface area contributed by atoms with Crippen molar-refractivity contribution in [1.82, 2.24) is 9.55 Å². The summed E-state index contributed by atoms with van der Waals surface area (Å²) in [6, 6.07) is 1.24. The van der Waals surface area contributed by atoms with Crippen molar-refractivity contribution in [2.24, 2.45) is 0 Å². The van der Waals surface area contributed by atoms with E-state index >= 15 is 0 Å². The Morgan fingerprint density at radius 3 is 1.90 bits per heavy atom. The Labute approximate surface area is 420 Å². The highest BCUT2D eigenvalue weighted by atomic mass is 31.3. The number of hydrogen-bond acceptors (Lipinski definition) is 16. The number of phosphoric ester groups is 2. The van der Waals surface area contributed by atoms with Gasteiger partial charge >= 0.3 is 33.3 Å². The minimum absolute atomic E-state index is 0.0255. The second kappa shape index (κ2) is 38.0.